The Hall–Kier alpha value is -2.12. The van der Waals surface area contributed by atoms with Crippen LogP contribution < -0.4 is 11.5 Å². The highest BCUT2D eigenvalue weighted by Crippen LogP contribution is 2.67. The van der Waals surface area contributed by atoms with Crippen LogP contribution in [0.15, 0.2) is 0 Å². The zero-order chi connectivity index (χ0) is 22.7. The van der Waals surface area contributed by atoms with E-state index >= 15 is 0 Å². The summed E-state index contributed by atoms with van der Waals surface area (Å²) < 4.78 is 0. The molecule has 4 amide bonds. The molecule has 4 saturated carbocycles. The molecule has 2 unspecified atom stereocenters. The minimum absolute atomic E-state index is 0.00692. The molecular weight excluding hydrogens is 408 g/mol. The van der Waals surface area contributed by atoms with E-state index in [4.69, 9.17) is 11.5 Å². The first-order valence-electron chi connectivity index (χ1n) is 12.3. The fraction of sp³-hybridized carbons (Fsp3) is 0.833. The molecule has 4 aliphatic carbocycles. The Bertz CT molecular complexity index is 764. The highest BCUT2D eigenvalue weighted by Gasteiger charge is 2.59. The maximum absolute atomic E-state index is 13.2. The molecule has 4 bridgehead atoms. The third kappa shape index (κ3) is 3.90. The van der Waals surface area contributed by atoms with Gasteiger partial charge in [-0.05, 0) is 74.0 Å². The van der Waals surface area contributed by atoms with Crippen molar-refractivity contribution in [1.82, 2.24) is 9.80 Å². The van der Waals surface area contributed by atoms with Crippen molar-refractivity contribution >= 4 is 23.6 Å². The van der Waals surface area contributed by atoms with E-state index in [0.717, 1.165) is 32.1 Å². The highest BCUT2D eigenvalue weighted by atomic mass is 16.2. The lowest BCUT2D eigenvalue weighted by atomic mass is 9.43. The maximum Gasteiger partial charge on any atom is 0.223 e. The van der Waals surface area contributed by atoms with Crippen LogP contribution in [0, 0.1) is 34.5 Å². The number of carbonyl (C=O) groups excluding carboxylic acids is 4. The average molecular weight is 445 g/mol. The van der Waals surface area contributed by atoms with Crippen LogP contribution in [-0.2, 0) is 19.2 Å². The van der Waals surface area contributed by atoms with Gasteiger partial charge in [-0.3, -0.25) is 19.2 Å². The molecule has 0 radical (unpaired) electrons. The Balaban J connectivity index is 1.26. The molecule has 32 heavy (non-hydrogen) atoms. The molecule has 0 spiro atoms. The fourth-order valence-corrected chi connectivity index (χ4v) is 8.37. The van der Waals surface area contributed by atoms with Crippen LogP contribution in [0.1, 0.15) is 64.2 Å². The predicted molar refractivity (Wildman–Crippen MR) is 117 cm³/mol. The van der Waals surface area contributed by atoms with Crippen molar-refractivity contribution in [3.05, 3.63) is 0 Å². The van der Waals surface area contributed by atoms with Gasteiger partial charge in [0.1, 0.15) is 0 Å². The first-order valence-corrected chi connectivity index (χ1v) is 12.3. The Labute approximate surface area is 189 Å². The molecule has 0 aromatic carbocycles. The Kier molecular flexibility index (Phi) is 5.25. The van der Waals surface area contributed by atoms with Gasteiger partial charge in [-0.25, -0.2) is 0 Å². The van der Waals surface area contributed by atoms with Gasteiger partial charge in [-0.1, -0.05) is 0 Å². The second kappa shape index (κ2) is 7.73. The van der Waals surface area contributed by atoms with Gasteiger partial charge >= 0.3 is 0 Å². The second-order valence-electron chi connectivity index (χ2n) is 11.8. The molecule has 176 valence electrons. The Morgan fingerprint density at radius 2 is 1.12 bits per heavy atom. The number of carbonyl (C=O) groups is 4. The van der Waals surface area contributed by atoms with E-state index in [-0.39, 0.29) is 46.3 Å². The molecule has 2 atom stereocenters. The fourth-order valence-electron chi connectivity index (χ4n) is 8.37. The van der Waals surface area contributed by atoms with E-state index in [9.17, 15) is 19.2 Å². The molecule has 2 aliphatic heterocycles. The van der Waals surface area contributed by atoms with Gasteiger partial charge in [0, 0.05) is 39.0 Å². The van der Waals surface area contributed by atoms with Gasteiger partial charge in [0.15, 0.2) is 0 Å². The maximum atomic E-state index is 13.2. The zero-order valence-electron chi connectivity index (χ0n) is 18.9. The number of primary amides is 2. The molecular formula is C24H36N4O4. The van der Waals surface area contributed by atoms with Gasteiger partial charge in [0.25, 0.3) is 0 Å². The highest BCUT2D eigenvalue weighted by molar-refractivity contribution is 5.82. The number of nitrogens with zero attached hydrogens (tertiary/aromatic N) is 2. The summed E-state index contributed by atoms with van der Waals surface area (Å²) in [4.78, 5) is 53.1. The summed E-state index contributed by atoms with van der Waals surface area (Å²) in [7, 11) is 0. The lowest BCUT2D eigenvalue weighted by molar-refractivity contribution is -0.154. The smallest absolute Gasteiger partial charge is 0.223 e. The van der Waals surface area contributed by atoms with Gasteiger partial charge in [0.05, 0.1) is 11.8 Å². The van der Waals surface area contributed by atoms with Crippen LogP contribution in [0.5, 0.6) is 0 Å². The summed E-state index contributed by atoms with van der Waals surface area (Å²) in [6, 6.07) is 0. The van der Waals surface area contributed by atoms with Crippen LogP contribution in [0.25, 0.3) is 0 Å². The summed E-state index contributed by atoms with van der Waals surface area (Å²) in [5.74, 6) is 0.451. The third-order valence-corrected chi connectivity index (χ3v) is 9.24. The number of rotatable bonds is 6. The van der Waals surface area contributed by atoms with E-state index in [0.29, 0.717) is 63.7 Å². The summed E-state index contributed by atoms with van der Waals surface area (Å²) in [6.45, 7) is 2.15. The molecule has 2 heterocycles. The number of likely N-dealkylation sites (tertiary alicyclic amines) is 2. The topological polar surface area (TPSA) is 127 Å². The Morgan fingerprint density at radius 3 is 1.47 bits per heavy atom. The summed E-state index contributed by atoms with van der Waals surface area (Å²) in [5, 5.41) is 0. The van der Waals surface area contributed by atoms with E-state index in [1.165, 1.54) is 6.42 Å². The molecule has 8 nitrogen and oxygen atoms in total. The second-order valence-corrected chi connectivity index (χ2v) is 11.8. The first kappa shape index (κ1) is 21.7. The van der Waals surface area contributed by atoms with E-state index < -0.39 is 0 Å². The standard InChI is InChI=1S/C24H36N4O4/c25-21(31)17-1-3-27(12-17)19(29)10-23-6-15-5-16(7-23)9-24(8-15,14-23)11-20(30)28-4-2-18(13-28)22(26)32/h15-18H,1-14H2,(H2,25,31)(H2,26,32). The molecule has 8 heteroatoms. The minimum Gasteiger partial charge on any atom is -0.369 e. The molecule has 2 saturated heterocycles. The van der Waals surface area contributed by atoms with Crippen LogP contribution in [0.4, 0.5) is 0 Å². The zero-order valence-corrected chi connectivity index (χ0v) is 18.9. The van der Waals surface area contributed by atoms with Crippen molar-refractivity contribution in [2.24, 2.45) is 46.0 Å². The van der Waals surface area contributed by atoms with Crippen molar-refractivity contribution in [3.8, 4) is 0 Å². The number of nitrogens with two attached hydrogens (primary N) is 2. The lowest BCUT2D eigenvalue weighted by Crippen LogP contribution is -2.54. The Morgan fingerprint density at radius 1 is 0.719 bits per heavy atom. The van der Waals surface area contributed by atoms with Crippen LogP contribution in [-0.4, -0.2) is 59.6 Å². The van der Waals surface area contributed by atoms with Crippen molar-refractivity contribution in [3.63, 3.8) is 0 Å². The molecule has 6 rings (SSSR count). The van der Waals surface area contributed by atoms with Crippen LogP contribution in [0.2, 0.25) is 0 Å². The van der Waals surface area contributed by atoms with E-state index in [1.807, 2.05) is 9.80 Å². The normalized spacial score (nSPS) is 40.1. The quantitative estimate of drug-likeness (QED) is 0.634. The van der Waals surface area contributed by atoms with Gasteiger partial charge in [-0.2, -0.15) is 0 Å². The lowest BCUT2D eigenvalue weighted by Gasteiger charge is -2.62. The van der Waals surface area contributed by atoms with Crippen molar-refractivity contribution in [2.75, 3.05) is 26.2 Å². The molecule has 6 aliphatic rings. The van der Waals surface area contributed by atoms with Gasteiger partial charge < -0.3 is 21.3 Å². The largest absolute Gasteiger partial charge is 0.369 e. The van der Waals surface area contributed by atoms with Gasteiger partial charge in [-0.15, -0.1) is 0 Å². The van der Waals surface area contributed by atoms with E-state index in [1.54, 1.807) is 0 Å². The molecule has 4 N–H and O–H groups in total. The van der Waals surface area contributed by atoms with E-state index in [2.05, 4.69) is 0 Å². The molecule has 0 aromatic rings. The van der Waals surface area contributed by atoms with Crippen molar-refractivity contribution in [2.45, 2.75) is 64.2 Å². The molecule has 6 fully saturated rings. The predicted octanol–water partition coefficient (Wildman–Crippen LogP) is 1.02. The van der Waals surface area contributed by atoms with Crippen LogP contribution >= 0.6 is 0 Å². The van der Waals surface area contributed by atoms with Crippen molar-refractivity contribution < 1.29 is 19.2 Å². The monoisotopic (exact) mass is 444 g/mol. The number of hydrogen-bond acceptors (Lipinski definition) is 4. The number of amides is 4. The summed E-state index contributed by atoms with van der Waals surface area (Å²) in [5.41, 5.74) is 10.9. The van der Waals surface area contributed by atoms with Crippen LogP contribution in [0.3, 0.4) is 0 Å². The number of hydrogen-bond donors (Lipinski definition) is 2. The first-order chi connectivity index (χ1) is 15.2. The third-order valence-electron chi connectivity index (χ3n) is 9.24. The summed E-state index contributed by atoms with van der Waals surface area (Å²) in [6.07, 6.45) is 8.94. The minimum atomic E-state index is -0.312. The van der Waals surface area contributed by atoms with Crippen molar-refractivity contribution in [1.29, 1.82) is 0 Å². The average Bonchev–Trinajstić information content (AvgIpc) is 3.36. The summed E-state index contributed by atoms with van der Waals surface area (Å²) >= 11 is 0. The SMILES string of the molecule is NC(=O)C1CCN(C(=O)CC23CC4CC(C2)CC(CC(=O)N2CCC(C(N)=O)C2)(C4)C3)C1. The van der Waals surface area contributed by atoms with Gasteiger partial charge in [0.2, 0.25) is 23.6 Å². The molecule has 0 aromatic heterocycles.